The second-order valence-corrected chi connectivity index (χ2v) is 6.40. The number of rotatable bonds is 7. The van der Waals surface area contributed by atoms with Gasteiger partial charge in [0.25, 0.3) is 0 Å². The van der Waals surface area contributed by atoms with Crippen molar-refractivity contribution in [2.24, 2.45) is 0 Å². The fourth-order valence-electron chi connectivity index (χ4n) is 1.92. The first-order valence-electron chi connectivity index (χ1n) is 7.27. The lowest BCUT2D eigenvalue weighted by Crippen LogP contribution is -2.29. The largest absolute Gasteiger partial charge is 0.362 e. The van der Waals surface area contributed by atoms with Crippen molar-refractivity contribution in [3.8, 4) is 0 Å². The fraction of sp³-hybridized carbons (Fsp3) is 0.235. The molecule has 2 nitrogen and oxygen atoms in total. The molecule has 0 atom stereocenters. The minimum absolute atomic E-state index is 0.154. The molecule has 0 fully saturated rings. The van der Waals surface area contributed by atoms with E-state index < -0.39 is 0 Å². The molecule has 0 aliphatic rings. The van der Waals surface area contributed by atoms with Crippen molar-refractivity contribution in [2.75, 3.05) is 17.6 Å². The minimum atomic E-state index is -0.303. The monoisotopic (exact) mass is 352 g/mol. The summed E-state index contributed by atoms with van der Waals surface area (Å²) in [4.78, 5) is 0. The van der Waals surface area contributed by atoms with Crippen LogP contribution in [0.3, 0.4) is 0 Å². The number of nitrogens with one attached hydrogen (secondary N) is 2. The Morgan fingerprint density at radius 3 is 2.70 bits per heavy atom. The number of halogens is 2. The van der Waals surface area contributed by atoms with Gasteiger partial charge in [-0.15, -0.1) is 0 Å². The highest BCUT2D eigenvalue weighted by Crippen LogP contribution is 2.15. The van der Waals surface area contributed by atoms with E-state index in [2.05, 4.69) is 10.6 Å². The third-order valence-corrected chi connectivity index (χ3v) is 4.39. The van der Waals surface area contributed by atoms with Crippen LogP contribution in [-0.2, 0) is 5.75 Å². The topological polar surface area (TPSA) is 24.1 Å². The Morgan fingerprint density at radius 1 is 1.09 bits per heavy atom. The molecule has 0 saturated carbocycles. The molecule has 0 radical (unpaired) electrons. The Labute approximate surface area is 144 Å². The van der Waals surface area contributed by atoms with E-state index in [0.717, 1.165) is 17.7 Å². The normalized spacial score (nSPS) is 10.3. The molecule has 2 aromatic rings. The minimum Gasteiger partial charge on any atom is -0.362 e. The van der Waals surface area contributed by atoms with Gasteiger partial charge in [0.2, 0.25) is 0 Å². The fourth-order valence-corrected chi connectivity index (χ4v) is 3.08. The third kappa shape index (κ3) is 6.54. The van der Waals surface area contributed by atoms with Gasteiger partial charge in [0, 0.05) is 18.0 Å². The van der Waals surface area contributed by atoms with E-state index in [0.29, 0.717) is 23.1 Å². The van der Waals surface area contributed by atoms with E-state index in [1.54, 1.807) is 36.0 Å². The van der Waals surface area contributed by atoms with Gasteiger partial charge in [-0.3, -0.25) is 0 Å². The maximum atomic E-state index is 13.4. The maximum absolute atomic E-state index is 13.4. The Balaban J connectivity index is 1.58. The number of hydrogen-bond acceptors (Lipinski definition) is 2. The standard InChI is InChI=1S/C17H18F2N2S2/c18-14-6-3-7-15(11-14)21-17(22)20-9-4-10-23-12-13-5-1-2-8-16(13)19/h1-3,5-8,11H,4,9-10,12H2,(H2,20,21,22). The summed E-state index contributed by atoms with van der Waals surface area (Å²) in [7, 11) is 0. The number of thioether (sulfide) groups is 1. The lowest BCUT2D eigenvalue weighted by Gasteiger charge is -2.10. The first-order valence-corrected chi connectivity index (χ1v) is 8.83. The first-order chi connectivity index (χ1) is 11.1. The van der Waals surface area contributed by atoms with Crippen molar-refractivity contribution >= 4 is 34.8 Å². The number of hydrogen-bond donors (Lipinski definition) is 2. The van der Waals surface area contributed by atoms with Crippen molar-refractivity contribution < 1.29 is 8.78 Å². The SMILES string of the molecule is Fc1cccc(NC(=S)NCCCSCc2ccccc2F)c1. The summed E-state index contributed by atoms with van der Waals surface area (Å²) in [5, 5.41) is 6.47. The molecular weight excluding hydrogens is 334 g/mol. The van der Waals surface area contributed by atoms with Gasteiger partial charge in [0.15, 0.2) is 5.11 Å². The lowest BCUT2D eigenvalue weighted by molar-refractivity contribution is 0.617. The summed E-state index contributed by atoms with van der Waals surface area (Å²) in [6, 6.07) is 13.0. The molecule has 0 heterocycles. The second kappa shape index (κ2) is 9.47. The molecule has 2 aromatic carbocycles. The Hall–Kier alpha value is -1.66. The Morgan fingerprint density at radius 2 is 1.91 bits per heavy atom. The number of thiocarbonyl (C=S) groups is 1. The van der Waals surface area contributed by atoms with E-state index in [4.69, 9.17) is 12.2 Å². The maximum Gasteiger partial charge on any atom is 0.170 e. The van der Waals surface area contributed by atoms with Crippen molar-refractivity contribution in [2.45, 2.75) is 12.2 Å². The van der Waals surface area contributed by atoms with Crippen molar-refractivity contribution in [1.82, 2.24) is 5.32 Å². The van der Waals surface area contributed by atoms with Crippen molar-refractivity contribution in [3.05, 3.63) is 65.7 Å². The summed E-state index contributed by atoms with van der Waals surface area (Å²) < 4.78 is 26.5. The van der Waals surface area contributed by atoms with E-state index >= 15 is 0 Å². The zero-order valence-electron chi connectivity index (χ0n) is 12.5. The molecule has 0 unspecified atom stereocenters. The van der Waals surface area contributed by atoms with Gasteiger partial charge in [-0.1, -0.05) is 24.3 Å². The van der Waals surface area contributed by atoms with E-state index in [1.165, 1.54) is 18.2 Å². The predicted molar refractivity (Wildman–Crippen MR) is 97.8 cm³/mol. The smallest absolute Gasteiger partial charge is 0.170 e. The molecule has 0 aromatic heterocycles. The van der Waals surface area contributed by atoms with Gasteiger partial charge in [-0.2, -0.15) is 11.8 Å². The second-order valence-electron chi connectivity index (χ2n) is 4.89. The van der Waals surface area contributed by atoms with E-state index in [9.17, 15) is 8.78 Å². The molecule has 0 saturated heterocycles. The van der Waals surface area contributed by atoms with Crippen LogP contribution in [0.5, 0.6) is 0 Å². The molecule has 23 heavy (non-hydrogen) atoms. The molecule has 2 rings (SSSR count). The lowest BCUT2D eigenvalue weighted by atomic mass is 10.2. The molecule has 0 spiro atoms. The van der Waals surface area contributed by atoms with Crippen molar-refractivity contribution in [3.63, 3.8) is 0 Å². The van der Waals surface area contributed by atoms with Crippen LogP contribution in [0.1, 0.15) is 12.0 Å². The summed E-state index contributed by atoms with van der Waals surface area (Å²) in [5.41, 5.74) is 1.35. The molecule has 0 amide bonds. The summed E-state index contributed by atoms with van der Waals surface area (Å²) in [6.07, 6.45) is 0.907. The van der Waals surface area contributed by atoms with Crippen LogP contribution < -0.4 is 10.6 Å². The van der Waals surface area contributed by atoms with Crippen LogP contribution in [0.4, 0.5) is 14.5 Å². The molecule has 0 bridgehead atoms. The molecule has 122 valence electrons. The highest BCUT2D eigenvalue weighted by Gasteiger charge is 2.01. The number of anilines is 1. The van der Waals surface area contributed by atoms with Crippen LogP contribution in [-0.4, -0.2) is 17.4 Å². The summed E-state index contributed by atoms with van der Waals surface area (Å²) in [6.45, 7) is 0.714. The van der Waals surface area contributed by atoms with Gasteiger partial charge in [-0.05, 0) is 54.2 Å². The van der Waals surface area contributed by atoms with Crippen LogP contribution >= 0.6 is 24.0 Å². The summed E-state index contributed by atoms with van der Waals surface area (Å²) in [5.74, 6) is 1.11. The third-order valence-electron chi connectivity index (χ3n) is 3.05. The molecule has 6 heteroatoms. The van der Waals surface area contributed by atoms with Crippen molar-refractivity contribution in [1.29, 1.82) is 0 Å². The molecule has 0 aliphatic carbocycles. The Kier molecular flexibility index (Phi) is 7.29. The quantitative estimate of drug-likeness (QED) is 0.563. The van der Waals surface area contributed by atoms with E-state index in [-0.39, 0.29) is 11.6 Å². The summed E-state index contributed by atoms with van der Waals surface area (Å²) >= 11 is 6.83. The van der Waals surface area contributed by atoms with Crippen LogP contribution in [0.2, 0.25) is 0 Å². The molecule has 0 aliphatic heterocycles. The Bertz CT molecular complexity index is 650. The molecule has 2 N–H and O–H groups in total. The van der Waals surface area contributed by atoms with Crippen LogP contribution in [0.25, 0.3) is 0 Å². The average Bonchev–Trinajstić information content (AvgIpc) is 2.52. The first kappa shape index (κ1) is 17.7. The van der Waals surface area contributed by atoms with Gasteiger partial charge in [-0.25, -0.2) is 8.78 Å². The average molecular weight is 352 g/mol. The van der Waals surface area contributed by atoms with Gasteiger partial charge in [0.1, 0.15) is 11.6 Å². The van der Waals surface area contributed by atoms with Crippen LogP contribution in [0, 0.1) is 11.6 Å². The highest BCUT2D eigenvalue weighted by molar-refractivity contribution is 7.98. The van der Waals surface area contributed by atoms with Gasteiger partial charge >= 0.3 is 0 Å². The number of benzene rings is 2. The zero-order valence-corrected chi connectivity index (χ0v) is 14.2. The highest BCUT2D eigenvalue weighted by atomic mass is 32.2. The van der Waals surface area contributed by atoms with Gasteiger partial charge in [0.05, 0.1) is 0 Å². The zero-order chi connectivity index (χ0) is 16.5. The van der Waals surface area contributed by atoms with E-state index in [1.807, 2.05) is 6.07 Å². The molecular formula is C17H18F2N2S2. The van der Waals surface area contributed by atoms with Crippen LogP contribution in [0.15, 0.2) is 48.5 Å². The van der Waals surface area contributed by atoms with Gasteiger partial charge < -0.3 is 10.6 Å². The predicted octanol–water partition coefficient (Wildman–Crippen LogP) is 4.57.